The number of para-hydroxylation sites is 3. The van der Waals surface area contributed by atoms with E-state index in [-0.39, 0.29) is 0 Å². The predicted octanol–water partition coefficient (Wildman–Crippen LogP) is 10.8. The Kier molecular flexibility index (Phi) is 5.73. The molecule has 1 aliphatic carbocycles. The Morgan fingerprint density at radius 3 is 2.11 bits per heavy atom. The summed E-state index contributed by atoms with van der Waals surface area (Å²) >= 11 is 0. The molecule has 0 amide bonds. The third-order valence-electron chi connectivity index (χ3n) is 9.75. The second-order valence-corrected chi connectivity index (χ2v) is 12.0. The van der Waals surface area contributed by atoms with Crippen molar-refractivity contribution < 1.29 is 4.74 Å². The fourth-order valence-electron chi connectivity index (χ4n) is 7.90. The zero-order chi connectivity index (χ0) is 30.8. The van der Waals surface area contributed by atoms with E-state index in [1.807, 2.05) is 6.08 Å². The van der Waals surface area contributed by atoms with Crippen LogP contribution in [-0.4, -0.2) is 4.57 Å². The normalized spacial score (nSPS) is 14.1. The lowest BCUT2D eigenvalue weighted by Gasteiger charge is -2.40. The van der Waals surface area contributed by atoms with Crippen LogP contribution in [0.15, 0.2) is 152 Å². The minimum atomic E-state index is -0.561. The summed E-state index contributed by atoms with van der Waals surface area (Å²) in [5, 5.41) is 2.44. The predicted molar refractivity (Wildman–Crippen MR) is 190 cm³/mol. The lowest BCUT2D eigenvalue weighted by Crippen LogP contribution is -2.33. The molecule has 2 aliphatic rings. The molecule has 46 heavy (non-hydrogen) atoms. The lowest BCUT2D eigenvalue weighted by atomic mass is 9.65. The van der Waals surface area contributed by atoms with Crippen LogP contribution in [0.4, 0.5) is 0 Å². The largest absolute Gasteiger partial charge is 0.457 e. The van der Waals surface area contributed by atoms with Gasteiger partial charge in [0.05, 0.1) is 22.1 Å². The summed E-state index contributed by atoms with van der Waals surface area (Å²) in [6.07, 6.45) is 11.2. The quantitative estimate of drug-likeness (QED) is 0.148. The lowest BCUT2D eigenvalue weighted by molar-refractivity contribution is 0.436. The first-order valence-electron chi connectivity index (χ1n) is 15.7. The number of aromatic nitrogens is 1. The minimum Gasteiger partial charge on any atom is -0.457 e. The van der Waals surface area contributed by atoms with Crippen LogP contribution >= 0.6 is 0 Å². The second kappa shape index (κ2) is 9.99. The van der Waals surface area contributed by atoms with Crippen molar-refractivity contribution in [1.82, 2.24) is 4.57 Å². The van der Waals surface area contributed by atoms with Gasteiger partial charge in [-0.15, -0.1) is 6.42 Å². The first-order chi connectivity index (χ1) is 22.7. The van der Waals surface area contributed by atoms with Crippen molar-refractivity contribution in [2.45, 2.75) is 12.3 Å². The summed E-state index contributed by atoms with van der Waals surface area (Å²) in [5.74, 6) is 4.37. The number of rotatable bonds is 3. The van der Waals surface area contributed by atoms with Crippen molar-refractivity contribution >= 4 is 27.4 Å². The van der Waals surface area contributed by atoms with Gasteiger partial charge in [-0.3, -0.25) is 0 Å². The topological polar surface area (TPSA) is 14.2 Å². The van der Waals surface area contributed by atoms with Crippen molar-refractivity contribution in [3.05, 3.63) is 180 Å². The average Bonchev–Trinajstić information content (AvgIpc) is 3.59. The van der Waals surface area contributed by atoms with E-state index in [4.69, 9.17) is 11.2 Å². The van der Waals surface area contributed by atoms with E-state index < -0.39 is 5.41 Å². The molecule has 0 saturated heterocycles. The zero-order valence-electron chi connectivity index (χ0n) is 25.4. The monoisotopic (exact) mass is 587 g/mol. The smallest absolute Gasteiger partial charge is 0.132 e. The molecule has 1 aliphatic heterocycles. The molecule has 0 fully saturated rings. The highest BCUT2D eigenvalue weighted by molar-refractivity contribution is 6.10. The summed E-state index contributed by atoms with van der Waals surface area (Å²) in [7, 11) is 0. The third-order valence-corrected chi connectivity index (χ3v) is 9.75. The molecule has 0 saturated carbocycles. The summed E-state index contributed by atoms with van der Waals surface area (Å²) in [5.41, 5.74) is 12.7. The fourth-order valence-corrected chi connectivity index (χ4v) is 7.90. The standard InChI is InChI=1S/C44H29NO/c1-3-4-5-15-29(2)30-26-27-39-34(28-30)32-17-7-11-22-38(32)45(39)40-23-14-18-33-31-16-6-8-19-35(31)44(43(33)40)36-20-9-12-24-41(36)46-42-25-13-10-21-37(42)44/h1,4-28H,2H3/b5-4-,29-15+. The molecule has 1 spiro atoms. The first kappa shape index (κ1) is 26.4. The van der Waals surface area contributed by atoms with Gasteiger partial charge in [0.2, 0.25) is 0 Å². The summed E-state index contributed by atoms with van der Waals surface area (Å²) in [6, 6.07) is 48.4. The molecule has 2 heterocycles. The Morgan fingerprint density at radius 2 is 1.33 bits per heavy atom. The molecule has 0 radical (unpaired) electrons. The summed E-state index contributed by atoms with van der Waals surface area (Å²) in [4.78, 5) is 0. The van der Waals surface area contributed by atoms with Gasteiger partial charge < -0.3 is 9.30 Å². The van der Waals surface area contributed by atoms with Crippen molar-refractivity contribution in [1.29, 1.82) is 0 Å². The molecule has 2 nitrogen and oxygen atoms in total. The third kappa shape index (κ3) is 3.49. The van der Waals surface area contributed by atoms with Gasteiger partial charge in [-0.25, -0.2) is 0 Å². The molecule has 0 unspecified atom stereocenters. The second-order valence-electron chi connectivity index (χ2n) is 12.0. The number of hydrogen-bond donors (Lipinski definition) is 0. The first-order valence-corrected chi connectivity index (χ1v) is 15.7. The zero-order valence-corrected chi connectivity index (χ0v) is 25.4. The number of ether oxygens (including phenoxy) is 1. The molecule has 9 rings (SSSR count). The number of nitrogens with zero attached hydrogens (tertiary/aromatic N) is 1. The molecular weight excluding hydrogens is 558 g/mol. The van der Waals surface area contributed by atoms with Gasteiger partial charge in [0, 0.05) is 27.5 Å². The van der Waals surface area contributed by atoms with E-state index in [1.165, 1.54) is 55.3 Å². The average molecular weight is 588 g/mol. The molecule has 0 bridgehead atoms. The number of benzene rings is 6. The van der Waals surface area contributed by atoms with Crippen LogP contribution in [0.5, 0.6) is 11.5 Å². The van der Waals surface area contributed by atoms with Gasteiger partial charge in [-0.05, 0) is 77.2 Å². The molecule has 216 valence electrons. The Hall–Kier alpha value is -6.04. The van der Waals surface area contributed by atoms with E-state index in [0.29, 0.717) is 0 Å². The Morgan fingerprint density at radius 1 is 0.674 bits per heavy atom. The maximum atomic E-state index is 6.61. The van der Waals surface area contributed by atoms with Crippen molar-refractivity contribution in [2.24, 2.45) is 0 Å². The highest BCUT2D eigenvalue weighted by Crippen LogP contribution is 2.63. The Labute approximate surface area is 268 Å². The molecule has 7 aromatic rings. The van der Waals surface area contributed by atoms with E-state index in [9.17, 15) is 0 Å². The van der Waals surface area contributed by atoms with Crippen LogP contribution in [0.25, 0.3) is 44.2 Å². The van der Waals surface area contributed by atoms with Crippen LogP contribution in [0.3, 0.4) is 0 Å². The minimum absolute atomic E-state index is 0.561. The fraction of sp³-hybridized carbons (Fsp3) is 0.0455. The summed E-state index contributed by atoms with van der Waals surface area (Å²) in [6.45, 7) is 2.13. The molecular formula is C44H29NO. The van der Waals surface area contributed by atoms with Gasteiger partial charge in [-0.1, -0.05) is 115 Å². The van der Waals surface area contributed by atoms with Gasteiger partial charge in [0.15, 0.2) is 0 Å². The molecule has 0 N–H and O–H groups in total. The van der Waals surface area contributed by atoms with Crippen LogP contribution in [0.2, 0.25) is 0 Å². The summed E-state index contributed by atoms with van der Waals surface area (Å²) < 4.78 is 9.08. The number of terminal acetylenes is 1. The molecule has 0 atom stereocenters. The molecule has 6 aromatic carbocycles. The maximum Gasteiger partial charge on any atom is 0.132 e. The van der Waals surface area contributed by atoms with E-state index in [2.05, 4.69) is 157 Å². The van der Waals surface area contributed by atoms with E-state index in [1.54, 1.807) is 6.08 Å². The SMILES string of the molecule is C#C/C=C\C=C(/C)c1ccc2c(c1)c1ccccc1n2-c1cccc2c1C1(c3ccccc3Oc3ccccc31)c1ccccc1-2. The van der Waals surface area contributed by atoms with Crippen LogP contribution in [-0.2, 0) is 5.41 Å². The highest BCUT2D eigenvalue weighted by atomic mass is 16.5. The highest BCUT2D eigenvalue weighted by Gasteiger charge is 2.52. The van der Waals surface area contributed by atoms with Gasteiger partial charge in [0.25, 0.3) is 0 Å². The van der Waals surface area contributed by atoms with Crippen molar-refractivity contribution in [3.8, 4) is 40.7 Å². The van der Waals surface area contributed by atoms with Crippen LogP contribution < -0.4 is 4.74 Å². The van der Waals surface area contributed by atoms with Gasteiger partial charge in [-0.2, -0.15) is 0 Å². The Balaban J connectivity index is 1.41. The van der Waals surface area contributed by atoms with E-state index >= 15 is 0 Å². The van der Waals surface area contributed by atoms with E-state index in [0.717, 1.165) is 28.2 Å². The van der Waals surface area contributed by atoms with Crippen molar-refractivity contribution in [3.63, 3.8) is 0 Å². The Bertz CT molecular complexity index is 2440. The van der Waals surface area contributed by atoms with Crippen LogP contribution in [0, 0.1) is 12.3 Å². The number of allylic oxidation sites excluding steroid dienone is 4. The van der Waals surface area contributed by atoms with Gasteiger partial charge in [0.1, 0.15) is 11.5 Å². The maximum absolute atomic E-state index is 6.61. The molecule has 1 aromatic heterocycles. The number of fused-ring (bicyclic) bond motifs is 12. The van der Waals surface area contributed by atoms with Gasteiger partial charge >= 0.3 is 0 Å². The van der Waals surface area contributed by atoms with Crippen molar-refractivity contribution in [2.75, 3.05) is 0 Å². The number of hydrogen-bond acceptors (Lipinski definition) is 1. The van der Waals surface area contributed by atoms with Crippen LogP contribution in [0.1, 0.15) is 34.7 Å². The molecule has 2 heteroatoms.